The van der Waals surface area contributed by atoms with Crippen LogP contribution in [0.3, 0.4) is 0 Å². The Balaban J connectivity index is 1.22. The lowest BCUT2D eigenvalue weighted by molar-refractivity contribution is 0.586. The molecule has 39 heavy (non-hydrogen) atoms. The first-order valence-corrected chi connectivity index (χ1v) is 14.1. The Bertz CT molecular complexity index is 2150. The monoisotopic (exact) mass is 518 g/mol. The van der Waals surface area contributed by atoms with Crippen LogP contribution in [-0.2, 0) is 0 Å². The highest BCUT2D eigenvalue weighted by molar-refractivity contribution is 7.26. The van der Waals surface area contributed by atoms with Crippen LogP contribution in [0, 0.1) is 0 Å². The zero-order valence-electron chi connectivity index (χ0n) is 20.9. The van der Waals surface area contributed by atoms with Crippen LogP contribution < -0.4 is 4.90 Å². The molecule has 0 N–H and O–H groups in total. The van der Waals surface area contributed by atoms with Gasteiger partial charge in [0.15, 0.2) is 5.58 Å². The van der Waals surface area contributed by atoms with Crippen molar-refractivity contribution in [3.8, 4) is 0 Å². The van der Waals surface area contributed by atoms with Gasteiger partial charge in [0, 0.05) is 43.0 Å². The molecule has 0 amide bonds. The predicted octanol–water partition coefficient (Wildman–Crippen LogP) is 9.61. The third kappa shape index (κ3) is 3.06. The van der Waals surface area contributed by atoms with Crippen molar-refractivity contribution in [1.29, 1.82) is 0 Å². The van der Waals surface area contributed by atoms with Crippen LogP contribution in [-0.4, -0.2) is 11.0 Å². The molecule has 5 aromatic carbocycles. The molecule has 3 nitrogen and oxygen atoms in total. The molecule has 0 radical (unpaired) electrons. The summed E-state index contributed by atoms with van der Waals surface area (Å²) in [5.74, 6) is 0.879. The Kier molecular flexibility index (Phi) is 4.32. The number of allylic oxidation sites excluding steroid dienone is 2. The fourth-order valence-corrected chi connectivity index (χ4v) is 7.54. The average molecular weight is 519 g/mol. The van der Waals surface area contributed by atoms with Gasteiger partial charge in [0.1, 0.15) is 5.52 Å². The molecule has 1 aliphatic heterocycles. The van der Waals surface area contributed by atoms with E-state index < -0.39 is 0 Å². The summed E-state index contributed by atoms with van der Waals surface area (Å²) in [5, 5.41) is 4.92. The van der Waals surface area contributed by atoms with Crippen molar-refractivity contribution >= 4 is 70.3 Å². The van der Waals surface area contributed by atoms with Gasteiger partial charge >= 0.3 is 0 Å². The van der Waals surface area contributed by atoms with Gasteiger partial charge in [-0.05, 0) is 58.8 Å². The van der Waals surface area contributed by atoms with Crippen molar-refractivity contribution in [2.24, 2.45) is 0 Å². The number of benzene rings is 5. The minimum atomic E-state index is 0.194. The van der Waals surface area contributed by atoms with Gasteiger partial charge in [0.25, 0.3) is 0 Å². The number of hydrogen-bond acceptors (Lipinski definition) is 4. The number of aromatic nitrogens is 1. The van der Waals surface area contributed by atoms with E-state index in [2.05, 4.69) is 126 Å². The van der Waals surface area contributed by atoms with Gasteiger partial charge in [-0.15, -0.1) is 11.3 Å². The van der Waals surface area contributed by atoms with Gasteiger partial charge in [-0.1, -0.05) is 78.9 Å². The first kappa shape index (κ1) is 21.3. The van der Waals surface area contributed by atoms with Gasteiger partial charge in [-0.3, -0.25) is 0 Å². The maximum absolute atomic E-state index is 6.57. The Morgan fingerprint density at radius 2 is 1.56 bits per heavy atom. The van der Waals surface area contributed by atoms with Crippen molar-refractivity contribution in [3.63, 3.8) is 0 Å². The average Bonchev–Trinajstić information content (AvgIpc) is 3.67. The summed E-state index contributed by atoms with van der Waals surface area (Å²) in [6.07, 6.45) is 6.87. The summed E-state index contributed by atoms with van der Waals surface area (Å²) >= 11 is 1.80. The van der Waals surface area contributed by atoms with Gasteiger partial charge in [0.05, 0.1) is 6.04 Å². The molecule has 0 fully saturated rings. The molecule has 2 atom stereocenters. The SMILES string of the molecule is C1=CC2C(C=C1c1nc3ccc4sc5ccccc5c4c3o1)c1cc3ccccc3cc1N2c1ccccc1. The largest absolute Gasteiger partial charge is 0.435 e. The summed E-state index contributed by atoms with van der Waals surface area (Å²) in [5.41, 5.74) is 6.62. The molecular weight excluding hydrogens is 496 g/mol. The quantitative estimate of drug-likeness (QED) is 0.228. The number of thiophene rings is 1. The minimum absolute atomic E-state index is 0.194. The molecule has 0 saturated carbocycles. The molecule has 3 heterocycles. The van der Waals surface area contributed by atoms with Crippen molar-refractivity contribution in [1.82, 2.24) is 4.98 Å². The zero-order chi connectivity index (χ0) is 25.5. The van der Waals surface area contributed by atoms with E-state index in [1.165, 1.54) is 42.5 Å². The minimum Gasteiger partial charge on any atom is -0.435 e. The molecule has 0 spiro atoms. The number of rotatable bonds is 2. The topological polar surface area (TPSA) is 29.3 Å². The van der Waals surface area contributed by atoms with E-state index in [1.807, 2.05) is 0 Å². The van der Waals surface area contributed by atoms with Crippen LogP contribution in [0.2, 0.25) is 0 Å². The van der Waals surface area contributed by atoms with Crippen LogP contribution in [0.15, 0.2) is 126 Å². The summed E-state index contributed by atoms with van der Waals surface area (Å²) in [4.78, 5) is 7.45. The first-order chi connectivity index (χ1) is 19.3. The number of hydrogen-bond donors (Lipinski definition) is 0. The summed E-state index contributed by atoms with van der Waals surface area (Å²) < 4.78 is 9.07. The number of oxazole rings is 1. The molecule has 2 unspecified atom stereocenters. The summed E-state index contributed by atoms with van der Waals surface area (Å²) in [7, 11) is 0. The second-order valence-electron chi connectivity index (χ2n) is 10.4. The highest BCUT2D eigenvalue weighted by Crippen LogP contribution is 2.50. The van der Waals surface area contributed by atoms with E-state index in [0.717, 1.165) is 22.1 Å². The van der Waals surface area contributed by atoms with Crippen molar-refractivity contribution in [2.45, 2.75) is 12.0 Å². The van der Waals surface area contributed by atoms with Gasteiger partial charge in [-0.25, -0.2) is 4.98 Å². The lowest BCUT2D eigenvalue weighted by Crippen LogP contribution is -2.28. The van der Waals surface area contributed by atoms with Crippen molar-refractivity contribution < 1.29 is 4.42 Å². The molecule has 0 bridgehead atoms. The van der Waals surface area contributed by atoms with Crippen LogP contribution in [0.1, 0.15) is 17.4 Å². The standard InChI is InChI=1S/C35H22N2OS/c1-2-10-24(11-3-1)37-29-16-14-23(19-26(29)27-18-21-8-4-5-9-22(21)20-30(27)37)35-36-28-15-17-32-33(34(28)38-35)25-12-6-7-13-31(25)39-32/h1-20,26,29H. The van der Waals surface area contributed by atoms with Crippen molar-refractivity contribution in [2.75, 3.05) is 4.90 Å². The fourth-order valence-electron chi connectivity index (χ4n) is 6.43. The highest BCUT2D eigenvalue weighted by Gasteiger charge is 2.39. The zero-order valence-corrected chi connectivity index (χ0v) is 21.7. The number of nitrogens with zero attached hydrogens (tertiary/aromatic N) is 2. The molecule has 7 aromatic rings. The lowest BCUT2D eigenvalue weighted by Gasteiger charge is -2.29. The van der Waals surface area contributed by atoms with E-state index in [4.69, 9.17) is 9.40 Å². The maximum atomic E-state index is 6.57. The van der Waals surface area contributed by atoms with Gasteiger partial charge in [-0.2, -0.15) is 0 Å². The highest BCUT2D eigenvalue weighted by atomic mass is 32.1. The fraction of sp³-hybridized carbons (Fsp3) is 0.0571. The molecule has 184 valence electrons. The normalized spacial score (nSPS) is 18.3. The molecular formula is C35H22N2OS. The Morgan fingerprint density at radius 3 is 2.46 bits per heavy atom. The lowest BCUT2D eigenvalue weighted by atomic mass is 9.87. The smallest absolute Gasteiger partial charge is 0.227 e. The molecule has 9 rings (SSSR count). The van der Waals surface area contributed by atoms with Gasteiger partial charge < -0.3 is 9.32 Å². The maximum Gasteiger partial charge on any atom is 0.227 e. The molecule has 1 aliphatic carbocycles. The van der Waals surface area contributed by atoms with E-state index in [1.54, 1.807) is 11.3 Å². The first-order valence-electron chi connectivity index (χ1n) is 13.3. The Hall–Kier alpha value is -4.67. The van der Waals surface area contributed by atoms with Crippen LogP contribution in [0.25, 0.3) is 47.6 Å². The molecule has 2 aromatic heterocycles. The van der Waals surface area contributed by atoms with E-state index in [0.29, 0.717) is 5.89 Å². The van der Waals surface area contributed by atoms with Crippen LogP contribution >= 0.6 is 11.3 Å². The molecule has 4 heteroatoms. The summed E-state index contributed by atoms with van der Waals surface area (Å²) in [6.45, 7) is 0. The van der Waals surface area contributed by atoms with E-state index in [9.17, 15) is 0 Å². The number of fused-ring (bicyclic) bond motifs is 9. The summed E-state index contributed by atoms with van der Waals surface area (Å²) in [6, 6.07) is 37.0. The third-order valence-corrected chi connectivity index (χ3v) is 9.32. The second kappa shape index (κ2) is 7.92. The molecule has 2 aliphatic rings. The van der Waals surface area contributed by atoms with E-state index >= 15 is 0 Å². The number of para-hydroxylation sites is 1. The van der Waals surface area contributed by atoms with E-state index in [-0.39, 0.29) is 12.0 Å². The van der Waals surface area contributed by atoms with Gasteiger partial charge in [0.2, 0.25) is 5.89 Å². The molecule has 0 saturated heterocycles. The second-order valence-corrected chi connectivity index (χ2v) is 11.4. The predicted molar refractivity (Wildman–Crippen MR) is 163 cm³/mol. The third-order valence-electron chi connectivity index (χ3n) is 8.19. The number of anilines is 2. The van der Waals surface area contributed by atoms with Crippen molar-refractivity contribution in [3.05, 3.63) is 133 Å². The van der Waals surface area contributed by atoms with Crippen LogP contribution in [0.5, 0.6) is 0 Å². The van der Waals surface area contributed by atoms with Crippen LogP contribution in [0.4, 0.5) is 11.4 Å². The Labute approximate surface area is 228 Å². The Morgan fingerprint density at radius 1 is 0.769 bits per heavy atom.